The van der Waals surface area contributed by atoms with E-state index in [0.29, 0.717) is 5.69 Å². The number of carbonyl (C=O) groups is 1. The number of carbonyl (C=O) groups excluding carboxylic acids is 1. The topological polar surface area (TPSA) is 124 Å². The molecule has 1 fully saturated rings. The van der Waals surface area contributed by atoms with Gasteiger partial charge < -0.3 is 21.1 Å². The third kappa shape index (κ3) is 9.29. The van der Waals surface area contributed by atoms with Crippen molar-refractivity contribution >= 4 is 46.3 Å². The molecule has 1 saturated heterocycles. The van der Waals surface area contributed by atoms with Crippen LogP contribution in [0.2, 0.25) is 0 Å². The molecule has 11 heteroatoms. The van der Waals surface area contributed by atoms with Crippen molar-refractivity contribution in [2.45, 2.75) is 27.2 Å². The molecule has 0 aromatic carbocycles. The molecule has 2 aromatic heterocycles. The SMILES string of the molecule is C1CNCCOC1.C=C/C(Cl)=C(\C(Cl)=C/C)n1cnc(N)c(C(=O)Nc2cccnc2)c1=O.CC. The quantitative estimate of drug-likeness (QED) is 0.501. The molecule has 0 bridgehead atoms. The highest BCUT2D eigenvalue weighted by molar-refractivity contribution is 6.41. The highest BCUT2D eigenvalue weighted by Crippen LogP contribution is 2.26. The van der Waals surface area contributed by atoms with E-state index < -0.39 is 11.5 Å². The van der Waals surface area contributed by atoms with E-state index in [0.717, 1.165) is 37.2 Å². The minimum atomic E-state index is -0.729. The summed E-state index contributed by atoms with van der Waals surface area (Å²) in [6, 6.07) is 3.25. The van der Waals surface area contributed by atoms with E-state index in [9.17, 15) is 9.59 Å². The van der Waals surface area contributed by atoms with Gasteiger partial charge in [-0.15, -0.1) is 0 Å². The number of allylic oxidation sites excluding steroid dienone is 5. The zero-order valence-electron chi connectivity index (χ0n) is 20.2. The van der Waals surface area contributed by atoms with Gasteiger partial charge in [-0.1, -0.05) is 49.7 Å². The molecule has 0 aliphatic carbocycles. The van der Waals surface area contributed by atoms with Crippen LogP contribution in [0.5, 0.6) is 0 Å². The Morgan fingerprint density at radius 3 is 2.69 bits per heavy atom. The zero-order chi connectivity index (χ0) is 26.2. The molecule has 3 heterocycles. The zero-order valence-corrected chi connectivity index (χ0v) is 21.7. The van der Waals surface area contributed by atoms with Crippen LogP contribution in [0.15, 0.2) is 64.4 Å². The molecule has 9 nitrogen and oxygen atoms in total. The van der Waals surface area contributed by atoms with E-state index in [4.69, 9.17) is 33.7 Å². The summed E-state index contributed by atoms with van der Waals surface area (Å²) in [7, 11) is 0. The monoisotopic (exact) mass is 522 g/mol. The lowest BCUT2D eigenvalue weighted by molar-refractivity contribution is 0.102. The molecule has 1 aliphatic heterocycles. The number of nitrogens with zero attached hydrogens (tertiary/aromatic N) is 3. The maximum Gasteiger partial charge on any atom is 0.273 e. The van der Waals surface area contributed by atoms with Gasteiger partial charge in [-0.2, -0.15) is 0 Å². The lowest BCUT2D eigenvalue weighted by Gasteiger charge is -2.13. The van der Waals surface area contributed by atoms with E-state index in [-0.39, 0.29) is 27.1 Å². The number of nitrogens with one attached hydrogen (secondary N) is 2. The minimum absolute atomic E-state index is 0.111. The summed E-state index contributed by atoms with van der Waals surface area (Å²) in [5.74, 6) is -0.952. The van der Waals surface area contributed by atoms with Gasteiger partial charge in [-0.05, 0) is 38.1 Å². The summed E-state index contributed by atoms with van der Waals surface area (Å²) in [4.78, 5) is 33.2. The average Bonchev–Trinajstić information content (AvgIpc) is 3.21. The molecule has 190 valence electrons. The predicted molar refractivity (Wildman–Crippen MR) is 144 cm³/mol. The maximum atomic E-state index is 12.9. The standard InChI is InChI=1S/C17H15Cl2N5O2.C5H11NO.C2H6/c1-3-11(18)14(12(19)4-2)24-9-22-15(20)13(17(24)26)16(25)23-10-6-5-7-21-8-10;1-2-6-3-5-7-4-1;1-2/h3-9H,1,20H2,2H3,(H,23,25);6H,1-5H2;1-2H3/b12-4+,14-11-;;. The molecule has 0 atom stereocenters. The lowest BCUT2D eigenvalue weighted by Crippen LogP contribution is -2.31. The van der Waals surface area contributed by atoms with Crippen LogP contribution < -0.4 is 21.9 Å². The minimum Gasteiger partial charge on any atom is -0.383 e. The number of amides is 1. The second-order valence-electron chi connectivity index (χ2n) is 6.63. The third-order valence-electron chi connectivity index (χ3n) is 4.34. The third-order valence-corrected chi connectivity index (χ3v) is 5.07. The number of ether oxygens (including phenoxy) is 1. The van der Waals surface area contributed by atoms with Gasteiger partial charge in [0.25, 0.3) is 11.5 Å². The van der Waals surface area contributed by atoms with E-state index in [1.807, 2.05) is 13.8 Å². The molecule has 0 radical (unpaired) electrons. The van der Waals surface area contributed by atoms with Crippen molar-refractivity contribution in [3.63, 3.8) is 0 Å². The van der Waals surface area contributed by atoms with Crippen LogP contribution in [0.1, 0.15) is 37.6 Å². The Balaban J connectivity index is 0.000000574. The van der Waals surface area contributed by atoms with Gasteiger partial charge >= 0.3 is 0 Å². The number of pyridine rings is 1. The van der Waals surface area contributed by atoms with Crippen LogP contribution in [0.25, 0.3) is 5.70 Å². The summed E-state index contributed by atoms with van der Waals surface area (Å²) in [5.41, 5.74) is 5.21. The summed E-state index contributed by atoms with van der Waals surface area (Å²) >= 11 is 12.3. The number of nitrogens with two attached hydrogens (primary N) is 1. The molecule has 1 amide bonds. The number of aromatic nitrogens is 3. The van der Waals surface area contributed by atoms with Gasteiger partial charge in [-0.3, -0.25) is 19.1 Å². The van der Waals surface area contributed by atoms with Crippen LogP contribution in [0.3, 0.4) is 0 Å². The first-order valence-corrected chi connectivity index (χ1v) is 11.9. The predicted octanol–water partition coefficient (Wildman–Crippen LogP) is 4.23. The number of rotatable bonds is 5. The number of halogens is 2. The fourth-order valence-corrected chi connectivity index (χ4v) is 3.15. The molecule has 0 unspecified atom stereocenters. The molecule has 0 spiro atoms. The molecule has 35 heavy (non-hydrogen) atoms. The molecule has 0 saturated carbocycles. The van der Waals surface area contributed by atoms with Gasteiger partial charge in [0, 0.05) is 19.3 Å². The Kier molecular flexibility index (Phi) is 14.3. The molecule has 4 N–H and O–H groups in total. The maximum absolute atomic E-state index is 12.9. The van der Waals surface area contributed by atoms with E-state index >= 15 is 0 Å². The van der Waals surface area contributed by atoms with E-state index in [2.05, 4.69) is 27.2 Å². The normalized spacial score (nSPS) is 14.1. The number of nitrogen functional groups attached to an aromatic ring is 1. The van der Waals surface area contributed by atoms with Crippen molar-refractivity contribution in [2.75, 3.05) is 37.4 Å². The van der Waals surface area contributed by atoms with Gasteiger partial charge in [0.05, 0.1) is 34.3 Å². The van der Waals surface area contributed by atoms with Gasteiger partial charge in [-0.25, -0.2) is 4.98 Å². The van der Waals surface area contributed by atoms with Crippen LogP contribution in [-0.2, 0) is 4.74 Å². The largest absolute Gasteiger partial charge is 0.383 e. The average molecular weight is 523 g/mol. The Bertz CT molecular complexity index is 1060. The second-order valence-corrected chi connectivity index (χ2v) is 7.44. The molecule has 3 rings (SSSR count). The van der Waals surface area contributed by atoms with Crippen molar-refractivity contribution in [1.82, 2.24) is 19.9 Å². The van der Waals surface area contributed by atoms with Crippen molar-refractivity contribution in [3.8, 4) is 0 Å². The Morgan fingerprint density at radius 1 is 1.31 bits per heavy atom. The van der Waals surface area contributed by atoms with E-state index in [1.165, 1.54) is 18.7 Å². The first kappa shape index (κ1) is 30.1. The number of anilines is 2. The van der Waals surface area contributed by atoms with Crippen LogP contribution in [0, 0.1) is 0 Å². The Labute approximate surface area is 215 Å². The van der Waals surface area contributed by atoms with E-state index in [1.54, 1.807) is 31.3 Å². The number of hydrogen-bond acceptors (Lipinski definition) is 7. The van der Waals surface area contributed by atoms with Crippen LogP contribution in [-0.4, -0.2) is 46.7 Å². The Hall–Kier alpha value is -2.98. The van der Waals surface area contributed by atoms with Gasteiger partial charge in [0.2, 0.25) is 0 Å². The summed E-state index contributed by atoms with van der Waals surface area (Å²) in [6.45, 7) is 13.2. The van der Waals surface area contributed by atoms with Crippen LogP contribution >= 0.6 is 23.2 Å². The second kappa shape index (κ2) is 16.6. The summed E-state index contributed by atoms with van der Waals surface area (Å²) in [5, 5.41) is 6.06. The first-order valence-electron chi connectivity index (χ1n) is 11.1. The van der Waals surface area contributed by atoms with Crippen LogP contribution in [0.4, 0.5) is 11.5 Å². The summed E-state index contributed by atoms with van der Waals surface area (Å²) in [6.07, 6.45) is 8.15. The van der Waals surface area contributed by atoms with Crippen molar-refractivity contribution < 1.29 is 9.53 Å². The van der Waals surface area contributed by atoms with Gasteiger partial charge in [0.1, 0.15) is 17.7 Å². The molecular formula is C24H32Cl2N6O3. The van der Waals surface area contributed by atoms with Crippen molar-refractivity contribution in [3.05, 3.63) is 75.6 Å². The summed E-state index contributed by atoms with van der Waals surface area (Å²) < 4.78 is 6.17. The fourth-order valence-electron chi connectivity index (χ4n) is 2.72. The molecule has 2 aromatic rings. The molecule has 1 aliphatic rings. The highest BCUT2D eigenvalue weighted by Gasteiger charge is 2.21. The first-order chi connectivity index (χ1) is 16.9. The Morgan fingerprint density at radius 2 is 2.06 bits per heavy atom. The highest BCUT2D eigenvalue weighted by atomic mass is 35.5. The molecular weight excluding hydrogens is 491 g/mol. The van der Waals surface area contributed by atoms with Crippen molar-refractivity contribution in [2.24, 2.45) is 0 Å². The fraction of sp³-hybridized carbons (Fsp3) is 0.333. The number of hydrogen-bond donors (Lipinski definition) is 3. The van der Waals surface area contributed by atoms with Crippen molar-refractivity contribution in [1.29, 1.82) is 0 Å². The van der Waals surface area contributed by atoms with Gasteiger partial charge in [0.15, 0.2) is 0 Å². The lowest BCUT2D eigenvalue weighted by atomic mass is 10.2. The smallest absolute Gasteiger partial charge is 0.273 e.